The highest BCUT2D eigenvalue weighted by Crippen LogP contribution is 2.22. The van der Waals surface area contributed by atoms with E-state index < -0.39 is 27.4 Å². The van der Waals surface area contributed by atoms with E-state index in [-0.39, 0.29) is 4.90 Å². The zero-order valence-corrected chi connectivity index (χ0v) is 12.2. The van der Waals surface area contributed by atoms with Crippen molar-refractivity contribution in [2.24, 2.45) is 0 Å². The Morgan fingerprint density at radius 2 is 2.05 bits per heavy atom. The zero-order chi connectivity index (χ0) is 15.6. The summed E-state index contributed by atoms with van der Waals surface area (Å²) in [6.45, 7) is 3.34. The van der Waals surface area contributed by atoms with Crippen LogP contribution in [0.4, 0.5) is 4.39 Å². The number of nitriles is 1. The van der Waals surface area contributed by atoms with Gasteiger partial charge in [-0.25, -0.2) is 17.5 Å². The van der Waals surface area contributed by atoms with E-state index in [0.717, 1.165) is 6.07 Å². The molecule has 0 saturated carbocycles. The first-order valence-electron chi connectivity index (χ1n) is 6.12. The number of benzene rings is 1. The summed E-state index contributed by atoms with van der Waals surface area (Å²) in [5.74, 6) is 0.215. The first kappa shape index (κ1) is 15.2. The first-order valence-corrected chi connectivity index (χ1v) is 7.60. The highest BCUT2D eigenvalue weighted by molar-refractivity contribution is 7.89. The van der Waals surface area contributed by atoms with Gasteiger partial charge in [0.1, 0.15) is 33.9 Å². The fourth-order valence-electron chi connectivity index (χ4n) is 1.88. The molecule has 1 aromatic heterocycles. The van der Waals surface area contributed by atoms with Gasteiger partial charge in [0, 0.05) is 0 Å². The predicted molar refractivity (Wildman–Crippen MR) is 73.3 cm³/mol. The van der Waals surface area contributed by atoms with Crippen LogP contribution in [-0.2, 0) is 10.0 Å². The van der Waals surface area contributed by atoms with E-state index in [1.807, 2.05) is 0 Å². The van der Waals surface area contributed by atoms with E-state index in [1.165, 1.54) is 12.1 Å². The minimum atomic E-state index is -4.04. The summed E-state index contributed by atoms with van der Waals surface area (Å²) < 4.78 is 45.8. The summed E-state index contributed by atoms with van der Waals surface area (Å²) in [4.78, 5) is -0.389. The molecule has 0 amide bonds. The summed E-state index contributed by atoms with van der Waals surface area (Å²) in [5, 5.41) is 8.92. The number of hydrogen-bond acceptors (Lipinski definition) is 4. The fraction of sp³-hybridized carbons (Fsp3) is 0.214. The quantitative estimate of drug-likeness (QED) is 0.941. The topological polar surface area (TPSA) is 83.1 Å². The maximum Gasteiger partial charge on any atom is 0.242 e. The molecule has 0 bridgehead atoms. The lowest BCUT2D eigenvalue weighted by atomic mass is 10.2. The number of sulfonamides is 1. The van der Waals surface area contributed by atoms with E-state index in [2.05, 4.69) is 4.72 Å². The van der Waals surface area contributed by atoms with Crippen LogP contribution in [-0.4, -0.2) is 8.42 Å². The minimum absolute atomic E-state index is 0.389. The van der Waals surface area contributed by atoms with Gasteiger partial charge in [-0.2, -0.15) is 5.26 Å². The highest BCUT2D eigenvalue weighted by Gasteiger charge is 2.24. The van der Waals surface area contributed by atoms with Crippen molar-refractivity contribution in [1.29, 1.82) is 5.26 Å². The Labute approximate surface area is 122 Å². The largest absolute Gasteiger partial charge is 0.465 e. The number of halogens is 1. The summed E-state index contributed by atoms with van der Waals surface area (Å²) in [6, 6.07) is 7.76. The van der Waals surface area contributed by atoms with Crippen LogP contribution in [0.15, 0.2) is 39.6 Å². The molecule has 1 aromatic carbocycles. The van der Waals surface area contributed by atoms with Crippen molar-refractivity contribution >= 4 is 10.0 Å². The molecule has 0 aliphatic rings. The molecule has 2 aromatic rings. The molecule has 0 fully saturated rings. The molecule has 0 spiro atoms. The highest BCUT2D eigenvalue weighted by atomic mass is 32.2. The normalized spacial score (nSPS) is 12.9. The van der Waals surface area contributed by atoms with Gasteiger partial charge in [-0.05, 0) is 38.1 Å². The Balaban J connectivity index is 2.36. The van der Waals surface area contributed by atoms with Crippen molar-refractivity contribution in [3.8, 4) is 6.07 Å². The number of rotatable bonds is 4. The lowest BCUT2D eigenvalue weighted by Crippen LogP contribution is -2.27. The van der Waals surface area contributed by atoms with Crippen molar-refractivity contribution in [3.05, 3.63) is 53.2 Å². The molecule has 7 heteroatoms. The molecule has 1 heterocycles. The van der Waals surface area contributed by atoms with E-state index in [0.29, 0.717) is 11.5 Å². The predicted octanol–water partition coefficient (Wildman–Crippen LogP) is 2.64. The van der Waals surface area contributed by atoms with Crippen LogP contribution in [0.3, 0.4) is 0 Å². The third kappa shape index (κ3) is 3.12. The summed E-state index contributed by atoms with van der Waals surface area (Å²) >= 11 is 0. The third-order valence-corrected chi connectivity index (χ3v) is 4.48. The Morgan fingerprint density at radius 3 is 2.62 bits per heavy atom. The van der Waals surface area contributed by atoms with Crippen LogP contribution in [0.25, 0.3) is 0 Å². The second-order valence-corrected chi connectivity index (χ2v) is 6.20. The number of furan rings is 1. The van der Waals surface area contributed by atoms with E-state index in [4.69, 9.17) is 9.68 Å². The average molecular weight is 308 g/mol. The monoisotopic (exact) mass is 308 g/mol. The molecule has 21 heavy (non-hydrogen) atoms. The van der Waals surface area contributed by atoms with Gasteiger partial charge in [0.05, 0.1) is 6.04 Å². The van der Waals surface area contributed by atoms with E-state index in [1.54, 1.807) is 32.0 Å². The number of aryl methyl sites for hydroxylation is 1. The Kier molecular flexibility index (Phi) is 4.11. The van der Waals surface area contributed by atoms with Gasteiger partial charge in [-0.3, -0.25) is 0 Å². The van der Waals surface area contributed by atoms with E-state index in [9.17, 15) is 12.8 Å². The Bertz CT molecular complexity index is 806. The molecule has 1 unspecified atom stereocenters. The SMILES string of the molecule is Cc1ccc(C(C)NS(=O)(=O)c2cccc(F)c2C#N)o1. The van der Waals surface area contributed by atoms with Crippen molar-refractivity contribution in [2.75, 3.05) is 0 Å². The van der Waals surface area contributed by atoms with Crippen LogP contribution in [0.5, 0.6) is 0 Å². The molecule has 110 valence electrons. The third-order valence-electron chi connectivity index (χ3n) is 2.90. The van der Waals surface area contributed by atoms with Crippen LogP contribution in [0.2, 0.25) is 0 Å². The molecule has 0 radical (unpaired) electrons. The molecule has 0 aliphatic heterocycles. The number of nitrogens with one attached hydrogen (secondary N) is 1. The van der Waals surface area contributed by atoms with Gasteiger partial charge in [-0.1, -0.05) is 6.07 Å². The van der Waals surface area contributed by atoms with Gasteiger partial charge in [0.2, 0.25) is 10.0 Å². The van der Waals surface area contributed by atoms with Gasteiger partial charge in [-0.15, -0.1) is 0 Å². The van der Waals surface area contributed by atoms with Gasteiger partial charge in [0.15, 0.2) is 0 Å². The molecule has 0 saturated heterocycles. The number of hydrogen-bond donors (Lipinski definition) is 1. The van der Waals surface area contributed by atoms with Gasteiger partial charge < -0.3 is 4.42 Å². The first-order chi connectivity index (χ1) is 9.85. The van der Waals surface area contributed by atoms with Crippen LogP contribution >= 0.6 is 0 Å². The lowest BCUT2D eigenvalue weighted by Gasteiger charge is -2.13. The summed E-state index contributed by atoms with van der Waals surface area (Å²) in [5.41, 5.74) is -0.507. The van der Waals surface area contributed by atoms with Crippen LogP contribution in [0, 0.1) is 24.1 Å². The van der Waals surface area contributed by atoms with Gasteiger partial charge in [0.25, 0.3) is 0 Å². The maximum absolute atomic E-state index is 13.5. The van der Waals surface area contributed by atoms with Crippen LogP contribution in [0.1, 0.15) is 30.0 Å². The van der Waals surface area contributed by atoms with E-state index >= 15 is 0 Å². The molecular formula is C14H13FN2O3S. The molecule has 1 atom stereocenters. The van der Waals surface area contributed by atoms with Crippen molar-refractivity contribution < 1.29 is 17.2 Å². The second kappa shape index (κ2) is 5.68. The second-order valence-electron chi connectivity index (χ2n) is 4.52. The maximum atomic E-state index is 13.5. The Hall–Kier alpha value is -2.17. The molecule has 5 nitrogen and oxygen atoms in total. The standard InChI is InChI=1S/C14H13FN2O3S/c1-9-6-7-13(20-9)10(2)17-21(18,19)14-5-3-4-12(15)11(14)8-16/h3-7,10,17H,1-2H3. The summed E-state index contributed by atoms with van der Waals surface area (Å²) in [6.07, 6.45) is 0. The van der Waals surface area contributed by atoms with Gasteiger partial charge >= 0.3 is 0 Å². The summed E-state index contributed by atoms with van der Waals surface area (Å²) in [7, 11) is -4.04. The Morgan fingerprint density at radius 1 is 1.33 bits per heavy atom. The minimum Gasteiger partial charge on any atom is -0.465 e. The average Bonchev–Trinajstić information content (AvgIpc) is 2.85. The van der Waals surface area contributed by atoms with Crippen molar-refractivity contribution in [1.82, 2.24) is 4.72 Å². The van der Waals surface area contributed by atoms with Crippen molar-refractivity contribution in [2.45, 2.75) is 24.8 Å². The zero-order valence-electron chi connectivity index (χ0n) is 11.4. The molecule has 0 aliphatic carbocycles. The van der Waals surface area contributed by atoms with Crippen LogP contribution < -0.4 is 4.72 Å². The number of nitrogens with zero attached hydrogens (tertiary/aromatic N) is 1. The molecule has 1 N–H and O–H groups in total. The smallest absolute Gasteiger partial charge is 0.242 e. The van der Waals surface area contributed by atoms with Crippen molar-refractivity contribution in [3.63, 3.8) is 0 Å². The molecule has 2 rings (SSSR count). The molecular weight excluding hydrogens is 295 g/mol. The lowest BCUT2D eigenvalue weighted by molar-refractivity contribution is 0.441. The fourth-order valence-corrected chi connectivity index (χ4v) is 3.26.